The number of amides is 2. The van der Waals surface area contributed by atoms with Gasteiger partial charge in [-0.1, -0.05) is 36.8 Å². The fraction of sp³-hybridized carbons (Fsp3) is 0.417. The van der Waals surface area contributed by atoms with Gasteiger partial charge in [-0.2, -0.15) is 0 Å². The van der Waals surface area contributed by atoms with Crippen LogP contribution in [0.25, 0.3) is 0 Å². The van der Waals surface area contributed by atoms with Gasteiger partial charge in [-0.3, -0.25) is 9.59 Å². The molecule has 2 aromatic rings. The number of ether oxygens (including phenoxy) is 2. The van der Waals surface area contributed by atoms with Crippen molar-refractivity contribution in [1.29, 1.82) is 0 Å². The van der Waals surface area contributed by atoms with Gasteiger partial charge >= 0.3 is 0 Å². The molecule has 162 valence electrons. The third kappa shape index (κ3) is 6.79. The molecule has 1 unspecified atom stereocenters. The van der Waals surface area contributed by atoms with E-state index < -0.39 is 6.04 Å². The van der Waals surface area contributed by atoms with Gasteiger partial charge in [0.25, 0.3) is 5.91 Å². The van der Waals surface area contributed by atoms with E-state index in [9.17, 15) is 9.59 Å². The van der Waals surface area contributed by atoms with Crippen LogP contribution in [0.2, 0.25) is 0 Å². The Morgan fingerprint density at radius 1 is 1.07 bits per heavy atom. The normalized spacial score (nSPS) is 11.7. The van der Waals surface area contributed by atoms with Crippen molar-refractivity contribution in [2.24, 2.45) is 0 Å². The monoisotopic (exact) mass is 412 g/mol. The topological polar surface area (TPSA) is 67.9 Å². The van der Waals surface area contributed by atoms with Crippen LogP contribution >= 0.6 is 0 Å². The highest BCUT2D eigenvalue weighted by molar-refractivity contribution is 5.88. The predicted molar refractivity (Wildman–Crippen MR) is 118 cm³/mol. The van der Waals surface area contributed by atoms with Crippen molar-refractivity contribution in [3.63, 3.8) is 0 Å². The van der Waals surface area contributed by atoms with Crippen molar-refractivity contribution in [2.45, 2.75) is 52.7 Å². The molecule has 0 bridgehead atoms. The number of rotatable bonds is 10. The zero-order valence-corrected chi connectivity index (χ0v) is 18.5. The fourth-order valence-corrected chi connectivity index (χ4v) is 3.13. The van der Waals surface area contributed by atoms with Gasteiger partial charge in [-0.25, -0.2) is 0 Å². The van der Waals surface area contributed by atoms with Crippen molar-refractivity contribution in [3.8, 4) is 11.5 Å². The van der Waals surface area contributed by atoms with E-state index >= 15 is 0 Å². The molecular weight excluding hydrogens is 380 g/mol. The molecule has 0 radical (unpaired) electrons. The summed E-state index contributed by atoms with van der Waals surface area (Å²) in [6, 6.07) is 14.4. The summed E-state index contributed by atoms with van der Waals surface area (Å²) in [5.74, 6) is 0.911. The minimum Gasteiger partial charge on any atom is -0.497 e. The Morgan fingerprint density at radius 2 is 1.77 bits per heavy atom. The lowest BCUT2D eigenvalue weighted by molar-refractivity contribution is -0.143. The Morgan fingerprint density at radius 3 is 2.37 bits per heavy atom. The summed E-state index contributed by atoms with van der Waals surface area (Å²) < 4.78 is 11.0. The molecule has 1 atom stereocenters. The molecule has 0 aromatic heterocycles. The lowest BCUT2D eigenvalue weighted by Gasteiger charge is -2.31. The van der Waals surface area contributed by atoms with E-state index in [0.29, 0.717) is 17.9 Å². The predicted octanol–water partition coefficient (Wildman–Crippen LogP) is 3.71. The summed E-state index contributed by atoms with van der Waals surface area (Å²) in [5, 5.41) is 2.92. The fourth-order valence-electron chi connectivity index (χ4n) is 3.13. The molecule has 0 spiro atoms. The molecule has 0 saturated carbocycles. The summed E-state index contributed by atoms with van der Waals surface area (Å²) in [4.78, 5) is 27.5. The van der Waals surface area contributed by atoms with Gasteiger partial charge in [0.15, 0.2) is 6.61 Å². The van der Waals surface area contributed by atoms with Crippen LogP contribution in [0.3, 0.4) is 0 Å². The maximum absolute atomic E-state index is 13.1. The van der Waals surface area contributed by atoms with Crippen LogP contribution in [0.15, 0.2) is 48.5 Å². The van der Waals surface area contributed by atoms with Crippen LogP contribution in [0.4, 0.5) is 0 Å². The number of carbonyl (C=O) groups excluding carboxylic acids is 2. The number of aryl methyl sites for hydroxylation is 1. The molecule has 1 N–H and O–H groups in total. The van der Waals surface area contributed by atoms with Gasteiger partial charge in [0.05, 0.1) is 7.11 Å². The first kappa shape index (κ1) is 23.3. The van der Waals surface area contributed by atoms with Crippen LogP contribution in [0.5, 0.6) is 11.5 Å². The standard InChI is InChI=1S/C24H32N2O4/c1-6-22(24(28)25-17(2)3)26(15-19-8-7-9-21(14-19)29-5)23(27)16-30-20-12-10-18(4)11-13-20/h7-14,17,22H,6,15-16H2,1-5H3,(H,25,28). The summed E-state index contributed by atoms with van der Waals surface area (Å²) in [7, 11) is 1.60. The van der Waals surface area contributed by atoms with Gasteiger partial charge in [-0.15, -0.1) is 0 Å². The van der Waals surface area contributed by atoms with E-state index in [-0.39, 0.29) is 31.0 Å². The highest BCUT2D eigenvalue weighted by Gasteiger charge is 2.29. The van der Waals surface area contributed by atoms with E-state index in [2.05, 4.69) is 5.32 Å². The van der Waals surface area contributed by atoms with Gasteiger partial charge in [0.1, 0.15) is 17.5 Å². The number of nitrogens with zero attached hydrogens (tertiary/aromatic N) is 1. The second-order valence-electron chi connectivity index (χ2n) is 7.56. The largest absolute Gasteiger partial charge is 0.497 e. The van der Waals surface area contributed by atoms with Crippen LogP contribution < -0.4 is 14.8 Å². The molecule has 0 fully saturated rings. The highest BCUT2D eigenvalue weighted by atomic mass is 16.5. The molecule has 0 heterocycles. The Hall–Kier alpha value is -3.02. The maximum Gasteiger partial charge on any atom is 0.261 e. The molecule has 0 aliphatic carbocycles. The molecular formula is C24H32N2O4. The molecule has 0 saturated heterocycles. The molecule has 6 heteroatoms. The quantitative estimate of drug-likeness (QED) is 0.646. The van der Waals surface area contributed by atoms with Crippen LogP contribution in [-0.4, -0.2) is 42.5 Å². The first-order valence-electron chi connectivity index (χ1n) is 10.3. The molecule has 2 aromatic carbocycles. The minimum absolute atomic E-state index is 0.0101. The van der Waals surface area contributed by atoms with E-state index in [1.54, 1.807) is 12.0 Å². The molecule has 2 amide bonds. The lowest BCUT2D eigenvalue weighted by Crippen LogP contribution is -2.51. The van der Waals surface area contributed by atoms with Crippen LogP contribution in [-0.2, 0) is 16.1 Å². The molecule has 0 aliphatic heterocycles. The van der Waals surface area contributed by atoms with Crippen molar-refractivity contribution >= 4 is 11.8 Å². The summed E-state index contributed by atoms with van der Waals surface area (Å²) in [6.45, 7) is 7.84. The van der Waals surface area contributed by atoms with Crippen molar-refractivity contribution in [3.05, 3.63) is 59.7 Å². The number of hydrogen-bond acceptors (Lipinski definition) is 4. The Balaban J connectivity index is 2.22. The van der Waals surface area contributed by atoms with Gasteiger partial charge < -0.3 is 19.7 Å². The zero-order valence-electron chi connectivity index (χ0n) is 18.5. The van der Waals surface area contributed by atoms with E-state index in [4.69, 9.17) is 9.47 Å². The zero-order chi connectivity index (χ0) is 22.1. The van der Waals surface area contributed by atoms with Crippen LogP contribution in [0.1, 0.15) is 38.3 Å². The van der Waals surface area contributed by atoms with Crippen molar-refractivity contribution in [2.75, 3.05) is 13.7 Å². The Kier molecular flexibility index (Phi) is 8.71. The number of methoxy groups -OCH3 is 1. The van der Waals surface area contributed by atoms with E-state index in [0.717, 1.165) is 11.1 Å². The Labute approximate surface area is 179 Å². The van der Waals surface area contributed by atoms with Crippen molar-refractivity contribution < 1.29 is 19.1 Å². The average Bonchev–Trinajstić information content (AvgIpc) is 2.72. The number of carbonyl (C=O) groups is 2. The van der Waals surface area contributed by atoms with E-state index in [1.807, 2.05) is 76.2 Å². The van der Waals surface area contributed by atoms with Gasteiger partial charge in [0.2, 0.25) is 5.91 Å². The van der Waals surface area contributed by atoms with Gasteiger partial charge in [0, 0.05) is 12.6 Å². The average molecular weight is 413 g/mol. The number of nitrogens with one attached hydrogen (secondary N) is 1. The smallest absolute Gasteiger partial charge is 0.261 e. The molecule has 6 nitrogen and oxygen atoms in total. The lowest BCUT2D eigenvalue weighted by atomic mass is 10.1. The SMILES string of the molecule is CCC(C(=O)NC(C)C)N(Cc1cccc(OC)c1)C(=O)COc1ccc(C)cc1. The maximum atomic E-state index is 13.1. The van der Waals surface area contributed by atoms with Crippen molar-refractivity contribution in [1.82, 2.24) is 10.2 Å². The first-order valence-corrected chi connectivity index (χ1v) is 10.3. The third-order valence-electron chi connectivity index (χ3n) is 4.69. The minimum atomic E-state index is -0.590. The Bertz CT molecular complexity index is 833. The highest BCUT2D eigenvalue weighted by Crippen LogP contribution is 2.18. The first-order chi connectivity index (χ1) is 14.3. The summed E-state index contributed by atoms with van der Waals surface area (Å²) in [5.41, 5.74) is 2.00. The molecule has 0 aliphatic rings. The molecule has 30 heavy (non-hydrogen) atoms. The number of hydrogen-bond donors (Lipinski definition) is 1. The van der Waals surface area contributed by atoms with Gasteiger partial charge in [-0.05, 0) is 57.0 Å². The number of benzene rings is 2. The third-order valence-corrected chi connectivity index (χ3v) is 4.69. The molecule has 2 rings (SSSR count). The summed E-state index contributed by atoms with van der Waals surface area (Å²) in [6.07, 6.45) is 0.499. The van der Waals surface area contributed by atoms with Crippen LogP contribution in [0, 0.1) is 6.92 Å². The van der Waals surface area contributed by atoms with E-state index in [1.165, 1.54) is 0 Å². The summed E-state index contributed by atoms with van der Waals surface area (Å²) >= 11 is 0. The second kappa shape index (κ2) is 11.2. The second-order valence-corrected chi connectivity index (χ2v) is 7.56.